The molecule has 1 aliphatic rings. The van der Waals surface area contributed by atoms with Crippen molar-refractivity contribution in [3.05, 3.63) is 34.9 Å². The number of carbonyl (C=O) groups is 1. The molecule has 4 heteroatoms. The van der Waals surface area contributed by atoms with Crippen molar-refractivity contribution in [2.45, 2.75) is 70.8 Å². The highest BCUT2D eigenvalue weighted by atomic mass is 28.4. The smallest absolute Gasteiger partial charge is 0.192 e. The van der Waals surface area contributed by atoms with E-state index >= 15 is 0 Å². The highest BCUT2D eigenvalue weighted by molar-refractivity contribution is 6.74. The Labute approximate surface area is 141 Å². The maximum absolute atomic E-state index is 11.0. The molecule has 1 aromatic rings. The summed E-state index contributed by atoms with van der Waals surface area (Å²) in [5.74, 6) is 0. The fourth-order valence-electron chi connectivity index (χ4n) is 2.97. The van der Waals surface area contributed by atoms with Crippen LogP contribution in [0.15, 0.2) is 18.2 Å². The molecule has 0 saturated heterocycles. The average Bonchev–Trinajstić information content (AvgIpc) is 2.45. The summed E-state index contributed by atoms with van der Waals surface area (Å²) in [6.45, 7) is 14.3. The maximum Gasteiger partial charge on any atom is 0.192 e. The lowest BCUT2D eigenvalue weighted by Crippen LogP contribution is -2.47. The monoisotopic (exact) mass is 333 g/mol. The van der Waals surface area contributed by atoms with E-state index in [-0.39, 0.29) is 5.04 Å². The van der Waals surface area contributed by atoms with Gasteiger partial charge in [0.1, 0.15) is 6.29 Å². The van der Waals surface area contributed by atoms with Crippen LogP contribution < -0.4 is 5.32 Å². The van der Waals surface area contributed by atoms with Gasteiger partial charge in [-0.05, 0) is 48.2 Å². The van der Waals surface area contributed by atoms with Crippen molar-refractivity contribution >= 4 is 14.6 Å². The molecule has 0 saturated carbocycles. The first-order chi connectivity index (χ1) is 10.7. The lowest BCUT2D eigenvalue weighted by atomic mass is 9.87. The zero-order valence-electron chi connectivity index (χ0n) is 15.4. The molecule has 0 aliphatic carbocycles. The molecule has 1 aromatic carbocycles. The fourth-order valence-corrected chi connectivity index (χ4v) is 4.02. The van der Waals surface area contributed by atoms with Crippen LogP contribution in [0.5, 0.6) is 0 Å². The molecule has 2 atom stereocenters. The number of fused-ring (bicyclic) bond motifs is 1. The highest BCUT2D eigenvalue weighted by Gasteiger charge is 2.38. The van der Waals surface area contributed by atoms with Crippen LogP contribution in [0.3, 0.4) is 0 Å². The Bertz CT molecular complexity index is 563. The minimum atomic E-state index is -1.73. The highest BCUT2D eigenvalue weighted by Crippen LogP contribution is 2.37. The molecule has 2 rings (SSSR count). The summed E-state index contributed by atoms with van der Waals surface area (Å²) in [5.41, 5.74) is 3.84. The zero-order valence-corrected chi connectivity index (χ0v) is 16.4. The van der Waals surface area contributed by atoms with Gasteiger partial charge in [0.15, 0.2) is 8.32 Å². The van der Waals surface area contributed by atoms with Gasteiger partial charge in [-0.3, -0.25) is 0 Å². The van der Waals surface area contributed by atoms with Gasteiger partial charge in [0.2, 0.25) is 0 Å². The van der Waals surface area contributed by atoms with E-state index in [9.17, 15) is 4.79 Å². The van der Waals surface area contributed by atoms with E-state index in [0.717, 1.165) is 19.3 Å². The summed E-state index contributed by atoms with van der Waals surface area (Å²) < 4.78 is 6.40. The second-order valence-electron chi connectivity index (χ2n) is 8.22. The molecule has 0 amide bonds. The van der Waals surface area contributed by atoms with E-state index in [1.54, 1.807) is 0 Å². The summed E-state index contributed by atoms with van der Waals surface area (Å²) in [4.78, 5) is 11.0. The summed E-state index contributed by atoms with van der Waals surface area (Å²) in [6.07, 6.45) is 2.45. The van der Waals surface area contributed by atoms with Gasteiger partial charge in [-0.25, -0.2) is 0 Å². The van der Waals surface area contributed by atoms with E-state index < -0.39 is 8.32 Å². The fraction of sp³-hybridized carbons (Fsp3) is 0.632. The van der Waals surface area contributed by atoms with E-state index in [4.69, 9.17) is 4.43 Å². The quantitative estimate of drug-likeness (QED) is 0.653. The van der Waals surface area contributed by atoms with E-state index in [2.05, 4.69) is 64.3 Å². The van der Waals surface area contributed by atoms with E-state index in [1.165, 1.54) is 16.7 Å². The summed E-state index contributed by atoms with van der Waals surface area (Å²) in [6, 6.07) is 6.93. The maximum atomic E-state index is 11.0. The Morgan fingerprint density at radius 2 is 2.04 bits per heavy atom. The molecule has 1 aliphatic heterocycles. The molecular formula is C19H31NO2Si. The molecule has 128 valence electrons. The van der Waals surface area contributed by atoms with Crippen LogP contribution in [0.2, 0.25) is 18.1 Å². The van der Waals surface area contributed by atoms with Gasteiger partial charge in [0, 0.05) is 25.1 Å². The number of hydrogen-bond donors (Lipinski definition) is 1. The third-order valence-corrected chi connectivity index (χ3v) is 9.97. The molecule has 0 unspecified atom stereocenters. The van der Waals surface area contributed by atoms with Crippen LogP contribution in [-0.2, 0) is 22.1 Å². The van der Waals surface area contributed by atoms with Gasteiger partial charge in [0.05, 0.1) is 0 Å². The minimum Gasteiger partial charge on any atom is -0.415 e. The first-order valence-corrected chi connectivity index (χ1v) is 11.5. The Hall–Kier alpha value is -0.973. The standard InChI is InChI=1S/C19H31NO2Si/c1-14-17-9-7-8-15(10-11-21)18(17)12-16(20-14)13-22-23(5,6)19(2,3)4/h7-9,11,14,16,20H,10,12-13H2,1-6H3/t14-,16+/m0/s1. The van der Waals surface area contributed by atoms with Crippen molar-refractivity contribution < 1.29 is 9.22 Å². The SMILES string of the molecule is C[C@@H]1N[C@@H](CO[Si](C)(C)C(C)(C)C)Cc2c(CC=O)cccc21. The molecular weight excluding hydrogens is 302 g/mol. The van der Waals surface area contributed by atoms with Gasteiger partial charge >= 0.3 is 0 Å². The molecule has 1 N–H and O–H groups in total. The molecule has 0 spiro atoms. The van der Waals surface area contributed by atoms with E-state index in [0.29, 0.717) is 18.5 Å². The number of benzene rings is 1. The second kappa shape index (κ2) is 6.87. The van der Waals surface area contributed by atoms with Gasteiger partial charge in [-0.1, -0.05) is 39.0 Å². The first-order valence-electron chi connectivity index (χ1n) is 8.60. The minimum absolute atomic E-state index is 0.230. The largest absolute Gasteiger partial charge is 0.415 e. The third kappa shape index (κ3) is 4.11. The van der Waals surface area contributed by atoms with Crippen molar-refractivity contribution in [1.29, 1.82) is 0 Å². The number of rotatable bonds is 5. The van der Waals surface area contributed by atoms with Gasteiger partial charge in [0.25, 0.3) is 0 Å². The van der Waals surface area contributed by atoms with E-state index in [1.807, 2.05) is 0 Å². The number of carbonyl (C=O) groups excluding carboxylic acids is 1. The van der Waals surface area contributed by atoms with Crippen molar-refractivity contribution in [1.82, 2.24) is 5.32 Å². The lowest BCUT2D eigenvalue weighted by Gasteiger charge is -2.39. The van der Waals surface area contributed by atoms with Crippen LogP contribution in [0.4, 0.5) is 0 Å². The van der Waals surface area contributed by atoms with Gasteiger partial charge in [-0.15, -0.1) is 0 Å². The summed E-state index contributed by atoms with van der Waals surface area (Å²) >= 11 is 0. The Balaban J connectivity index is 2.13. The Morgan fingerprint density at radius 3 is 2.65 bits per heavy atom. The van der Waals surface area contributed by atoms with Crippen molar-refractivity contribution in [3.63, 3.8) is 0 Å². The molecule has 1 heterocycles. The predicted molar refractivity (Wildman–Crippen MR) is 98.4 cm³/mol. The lowest BCUT2D eigenvalue weighted by molar-refractivity contribution is -0.107. The topological polar surface area (TPSA) is 38.3 Å². The summed E-state index contributed by atoms with van der Waals surface area (Å²) in [5, 5.41) is 3.90. The molecule has 0 radical (unpaired) electrons. The molecule has 0 fully saturated rings. The molecule has 0 aromatic heterocycles. The van der Waals surface area contributed by atoms with Crippen LogP contribution in [0.1, 0.15) is 50.4 Å². The number of hydrogen-bond acceptors (Lipinski definition) is 3. The number of aldehydes is 1. The number of nitrogens with one attached hydrogen (secondary N) is 1. The second-order valence-corrected chi connectivity index (χ2v) is 13.0. The van der Waals surface area contributed by atoms with Gasteiger partial charge < -0.3 is 14.5 Å². The molecule has 23 heavy (non-hydrogen) atoms. The third-order valence-electron chi connectivity index (χ3n) is 5.47. The molecule has 0 bridgehead atoms. The van der Waals surface area contributed by atoms with Crippen LogP contribution >= 0.6 is 0 Å². The zero-order chi connectivity index (χ0) is 17.3. The summed E-state index contributed by atoms with van der Waals surface area (Å²) in [7, 11) is -1.73. The van der Waals surface area contributed by atoms with Crippen molar-refractivity contribution in [2.75, 3.05) is 6.61 Å². The van der Waals surface area contributed by atoms with Crippen LogP contribution in [0.25, 0.3) is 0 Å². The average molecular weight is 334 g/mol. The van der Waals surface area contributed by atoms with Crippen LogP contribution in [-0.4, -0.2) is 27.3 Å². The first kappa shape index (κ1) is 18.4. The predicted octanol–water partition coefficient (Wildman–Crippen LogP) is 4.03. The normalized spacial score (nSPS) is 21.8. The van der Waals surface area contributed by atoms with Crippen LogP contribution in [0, 0.1) is 0 Å². The van der Waals surface area contributed by atoms with Crippen molar-refractivity contribution in [2.24, 2.45) is 0 Å². The van der Waals surface area contributed by atoms with Gasteiger partial charge in [-0.2, -0.15) is 0 Å². The van der Waals surface area contributed by atoms with Crippen molar-refractivity contribution in [3.8, 4) is 0 Å². The molecule has 3 nitrogen and oxygen atoms in total. The Kier molecular flexibility index (Phi) is 5.49. The Morgan fingerprint density at radius 1 is 1.35 bits per heavy atom.